The molecule has 1 fully saturated rings. The van der Waals surface area contributed by atoms with Crippen molar-refractivity contribution < 1.29 is 9.53 Å². The first-order valence-electron chi connectivity index (χ1n) is 7.84. The SMILES string of the molecule is CCOC(=O)c1ccc(N)c(N2CCC(C(C)C)CC2)c1. The predicted molar refractivity (Wildman–Crippen MR) is 86.6 cm³/mol. The lowest BCUT2D eigenvalue weighted by atomic mass is 9.86. The lowest BCUT2D eigenvalue weighted by Crippen LogP contribution is -2.35. The molecule has 0 radical (unpaired) electrons. The van der Waals surface area contributed by atoms with Crippen LogP contribution in [0.2, 0.25) is 0 Å². The van der Waals surface area contributed by atoms with E-state index in [1.165, 1.54) is 12.8 Å². The fourth-order valence-corrected chi connectivity index (χ4v) is 2.97. The summed E-state index contributed by atoms with van der Waals surface area (Å²) in [7, 11) is 0. The molecule has 1 aliphatic heterocycles. The minimum atomic E-state index is -0.282. The summed E-state index contributed by atoms with van der Waals surface area (Å²) in [5, 5.41) is 0. The molecule has 1 aromatic rings. The monoisotopic (exact) mass is 290 g/mol. The van der Waals surface area contributed by atoms with Crippen LogP contribution in [0.1, 0.15) is 44.0 Å². The molecule has 1 saturated heterocycles. The molecule has 0 bridgehead atoms. The highest BCUT2D eigenvalue weighted by atomic mass is 16.5. The molecule has 0 spiro atoms. The van der Waals surface area contributed by atoms with E-state index in [0.29, 0.717) is 12.2 Å². The Morgan fingerprint density at radius 2 is 2.05 bits per heavy atom. The van der Waals surface area contributed by atoms with Gasteiger partial charge in [-0.3, -0.25) is 0 Å². The van der Waals surface area contributed by atoms with Crippen LogP contribution in [0.3, 0.4) is 0 Å². The summed E-state index contributed by atoms with van der Waals surface area (Å²) in [4.78, 5) is 14.1. The van der Waals surface area contributed by atoms with Crippen molar-refractivity contribution in [1.82, 2.24) is 0 Å². The van der Waals surface area contributed by atoms with Crippen LogP contribution in [0.15, 0.2) is 18.2 Å². The zero-order valence-electron chi connectivity index (χ0n) is 13.3. The highest BCUT2D eigenvalue weighted by Gasteiger charge is 2.23. The normalized spacial score (nSPS) is 16.3. The Bertz CT molecular complexity index is 492. The number of carbonyl (C=O) groups excluding carboxylic acids is 1. The Hall–Kier alpha value is -1.71. The van der Waals surface area contributed by atoms with Crippen LogP contribution in [-0.2, 0) is 4.74 Å². The maximum absolute atomic E-state index is 11.9. The van der Waals surface area contributed by atoms with E-state index in [2.05, 4.69) is 18.7 Å². The average molecular weight is 290 g/mol. The molecule has 1 heterocycles. The molecule has 21 heavy (non-hydrogen) atoms. The Kier molecular flexibility index (Phi) is 5.10. The lowest BCUT2D eigenvalue weighted by Gasteiger charge is -2.36. The molecule has 1 aliphatic rings. The minimum Gasteiger partial charge on any atom is -0.462 e. The summed E-state index contributed by atoms with van der Waals surface area (Å²) in [5.74, 6) is 1.24. The highest BCUT2D eigenvalue weighted by molar-refractivity contribution is 5.92. The van der Waals surface area contributed by atoms with Crippen molar-refractivity contribution in [3.05, 3.63) is 23.8 Å². The van der Waals surface area contributed by atoms with Gasteiger partial charge < -0.3 is 15.4 Å². The predicted octanol–water partition coefficient (Wildman–Crippen LogP) is 3.32. The van der Waals surface area contributed by atoms with Crippen molar-refractivity contribution in [2.75, 3.05) is 30.3 Å². The van der Waals surface area contributed by atoms with Crippen LogP contribution < -0.4 is 10.6 Å². The smallest absolute Gasteiger partial charge is 0.338 e. The molecule has 0 saturated carbocycles. The highest BCUT2D eigenvalue weighted by Crippen LogP contribution is 2.31. The number of rotatable bonds is 4. The second kappa shape index (κ2) is 6.83. The van der Waals surface area contributed by atoms with Crippen molar-refractivity contribution in [1.29, 1.82) is 0 Å². The van der Waals surface area contributed by atoms with Crippen LogP contribution in [0.4, 0.5) is 11.4 Å². The number of nitrogen functional groups attached to an aromatic ring is 1. The zero-order valence-corrected chi connectivity index (χ0v) is 13.3. The zero-order chi connectivity index (χ0) is 15.4. The van der Waals surface area contributed by atoms with E-state index in [1.54, 1.807) is 12.1 Å². The Morgan fingerprint density at radius 3 is 2.62 bits per heavy atom. The summed E-state index contributed by atoms with van der Waals surface area (Å²) < 4.78 is 5.06. The van der Waals surface area contributed by atoms with Crippen molar-refractivity contribution in [3.8, 4) is 0 Å². The van der Waals surface area contributed by atoms with Crippen molar-refractivity contribution in [3.63, 3.8) is 0 Å². The van der Waals surface area contributed by atoms with E-state index in [0.717, 1.165) is 36.3 Å². The molecule has 2 rings (SSSR count). The molecule has 2 N–H and O–H groups in total. The van der Waals surface area contributed by atoms with E-state index in [-0.39, 0.29) is 5.97 Å². The first-order valence-corrected chi connectivity index (χ1v) is 7.84. The molecule has 4 heteroatoms. The molecular formula is C17H26N2O2. The first kappa shape index (κ1) is 15.7. The van der Waals surface area contributed by atoms with Gasteiger partial charge in [0.05, 0.1) is 23.5 Å². The number of benzene rings is 1. The Morgan fingerprint density at radius 1 is 1.38 bits per heavy atom. The van der Waals surface area contributed by atoms with Gasteiger partial charge in [0.2, 0.25) is 0 Å². The standard InChI is InChI=1S/C17H26N2O2/c1-4-21-17(20)14-5-6-15(18)16(11-14)19-9-7-13(8-10-19)12(2)3/h5-6,11-13H,4,7-10,18H2,1-3H3. The maximum Gasteiger partial charge on any atom is 0.338 e. The number of nitrogens with two attached hydrogens (primary N) is 1. The van der Waals surface area contributed by atoms with Crippen LogP contribution in [0, 0.1) is 11.8 Å². The van der Waals surface area contributed by atoms with Gasteiger partial charge in [0.15, 0.2) is 0 Å². The molecular weight excluding hydrogens is 264 g/mol. The summed E-state index contributed by atoms with van der Waals surface area (Å²) in [5.41, 5.74) is 8.36. The van der Waals surface area contributed by atoms with Gasteiger partial charge in [-0.15, -0.1) is 0 Å². The van der Waals surface area contributed by atoms with Gasteiger partial charge in [-0.05, 0) is 49.8 Å². The van der Waals surface area contributed by atoms with Gasteiger partial charge in [0, 0.05) is 13.1 Å². The van der Waals surface area contributed by atoms with E-state index in [1.807, 2.05) is 13.0 Å². The largest absolute Gasteiger partial charge is 0.462 e. The number of anilines is 2. The number of hydrogen-bond donors (Lipinski definition) is 1. The van der Waals surface area contributed by atoms with Gasteiger partial charge in [0.1, 0.15) is 0 Å². The minimum absolute atomic E-state index is 0.282. The molecule has 0 aliphatic carbocycles. The van der Waals surface area contributed by atoms with E-state index < -0.39 is 0 Å². The summed E-state index contributed by atoms with van der Waals surface area (Å²) >= 11 is 0. The van der Waals surface area contributed by atoms with Crippen molar-refractivity contribution in [2.45, 2.75) is 33.6 Å². The van der Waals surface area contributed by atoms with E-state index in [4.69, 9.17) is 10.5 Å². The quantitative estimate of drug-likeness (QED) is 0.682. The maximum atomic E-state index is 11.9. The molecule has 116 valence electrons. The third-order valence-electron chi connectivity index (χ3n) is 4.36. The van der Waals surface area contributed by atoms with E-state index >= 15 is 0 Å². The first-order chi connectivity index (χ1) is 10.0. The number of carbonyl (C=O) groups is 1. The summed E-state index contributed by atoms with van der Waals surface area (Å²) in [6.45, 7) is 8.77. The molecule has 0 aromatic heterocycles. The average Bonchev–Trinajstić information content (AvgIpc) is 2.48. The molecule has 1 aromatic carbocycles. The third kappa shape index (κ3) is 3.69. The van der Waals surface area contributed by atoms with Crippen LogP contribution in [0.5, 0.6) is 0 Å². The summed E-state index contributed by atoms with van der Waals surface area (Å²) in [6.07, 6.45) is 2.36. The molecule has 4 nitrogen and oxygen atoms in total. The number of ether oxygens (including phenoxy) is 1. The second-order valence-electron chi connectivity index (χ2n) is 6.06. The number of nitrogens with zero attached hydrogens (tertiary/aromatic N) is 1. The van der Waals surface area contributed by atoms with Crippen LogP contribution >= 0.6 is 0 Å². The van der Waals surface area contributed by atoms with Crippen molar-refractivity contribution >= 4 is 17.3 Å². The van der Waals surface area contributed by atoms with Crippen LogP contribution in [0.25, 0.3) is 0 Å². The van der Waals surface area contributed by atoms with Crippen LogP contribution in [-0.4, -0.2) is 25.7 Å². The molecule has 0 unspecified atom stereocenters. The second-order valence-corrected chi connectivity index (χ2v) is 6.06. The summed E-state index contributed by atoms with van der Waals surface area (Å²) in [6, 6.07) is 5.40. The fourth-order valence-electron chi connectivity index (χ4n) is 2.97. The number of hydrogen-bond acceptors (Lipinski definition) is 4. The molecule has 0 amide bonds. The molecule has 0 atom stereocenters. The van der Waals surface area contributed by atoms with E-state index in [9.17, 15) is 4.79 Å². The van der Waals surface area contributed by atoms with Gasteiger partial charge >= 0.3 is 5.97 Å². The Labute approximate surface area is 127 Å². The van der Waals surface area contributed by atoms with Gasteiger partial charge in [-0.1, -0.05) is 13.8 Å². The number of esters is 1. The van der Waals surface area contributed by atoms with Crippen molar-refractivity contribution in [2.24, 2.45) is 11.8 Å². The van der Waals surface area contributed by atoms with Gasteiger partial charge in [-0.25, -0.2) is 4.79 Å². The topological polar surface area (TPSA) is 55.6 Å². The fraction of sp³-hybridized carbons (Fsp3) is 0.588. The number of piperidine rings is 1. The lowest BCUT2D eigenvalue weighted by molar-refractivity contribution is 0.0526. The third-order valence-corrected chi connectivity index (χ3v) is 4.36. The Balaban J connectivity index is 2.13. The van der Waals surface area contributed by atoms with Gasteiger partial charge in [-0.2, -0.15) is 0 Å². The van der Waals surface area contributed by atoms with Gasteiger partial charge in [0.25, 0.3) is 0 Å².